The topological polar surface area (TPSA) is 80.9 Å². The predicted molar refractivity (Wildman–Crippen MR) is 126 cm³/mol. The predicted octanol–water partition coefficient (Wildman–Crippen LogP) is 3.55. The molecule has 0 N–H and O–H groups in total. The molecule has 8 nitrogen and oxygen atoms in total. The smallest absolute Gasteiger partial charge is 0.241 e. The summed E-state index contributed by atoms with van der Waals surface area (Å²) in [5, 5.41) is 4.15. The third-order valence-corrected chi connectivity index (χ3v) is 6.77. The molecule has 2 aliphatic heterocycles. The van der Waals surface area contributed by atoms with Gasteiger partial charge < -0.3 is 18.9 Å². The second kappa shape index (κ2) is 9.85. The van der Waals surface area contributed by atoms with E-state index in [0.29, 0.717) is 42.8 Å². The number of hydrogen-bond acceptors (Lipinski definition) is 7. The summed E-state index contributed by atoms with van der Waals surface area (Å²) in [6.45, 7) is 3.67. The van der Waals surface area contributed by atoms with Crippen molar-refractivity contribution in [1.82, 2.24) is 19.9 Å². The molecule has 2 aliphatic rings. The Labute approximate surface area is 199 Å². The molecule has 2 aromatic carbocycles. The van der Waals surface area contributed by atoms with Gasteiger partial charge in [0, 0.05) is 25.2 Å². The van der Waals surface area contributed by atoms with Crippen LogP contribution in [0.15, 0.2) is 47.0 Å². The lowest BCUT2D eigenvalue weighted by molar-refractivity contribution is -0.138. The maximum atomic E-state index is 13.3. The molecule has 5 rings (SSSR count). The Kier molecular flexibility index (Phi) is 6.49. The summed E-state index contributed by atoms with van der Waals surface area (Å²) in [6, 6.07) is 14.0. The Balaban J connectivity index is 1.22. The van der Waals surface area contributed by atoms with E-state index in [1.807, 2.05) is 23.1 Å². The van der Waals surface area contributed by atoms with Crippen LogP contribution in [-0.2, 0) is 24.3 Å². The second-order valence-corrected chi connectivity index (χ2v) is 8.93. The van der Waals surface area contributed by atoms with Crippen molar-refractivity contribution in [2.24, 2.45) is 5.92 Å². The number of carbonyl (C=O) groups is 1. The molecule has 1 fully saturated rings. The minimum absolute atomic E-state index is 0.00672. The quantitative estimate of drug-likeness (QED) is 0.554. The van der Waals surface area contributed by atoms with Crippen LogP contribution in [0.4, 0.5) is 0 Å². The van der Waals surface area contributed by atoms with E-state index >= 15 is 0 Å². The second-order valence-electron chi connectivity index (χ2n) is 8.93. The van der Waals surface area contributed by atoms with Crippen molar-refractivity contribution in [1.29, 1.82) is 0 Å². The average Bonchev–Trinajstić information content (AvgIpc) is 3.36. The summed E-state index contributed by atoms with van der Waals surface area (Å²) in [5.41, 5.74) is 3.42. The van der Waals surface area contributed by atoms with Crippen LogP contribution >= 0.6 is 0 Å². The molecule has 0 radical (unpaired) electrons. The lowest BCUT2D eigenvalue weighted by Gasteiger charge is -2.36. The molecule has 0 saturated carbocycles. The van der Waals surface area contributed by atoms with Gasteiger partial charge in [-0.05, 0) is 55.1 Å². The number of aromatic nitrogens is 2. The van der Waals surface area contributed by atoms with Gasteiger partial charge in [-0.1, -0.05) is 29.4 Å². The number of fused-ring (bicyclic) bond motifs is 1. The Hall–Kier alpha value is -3.39. The molecule has 178 valence electrons. The van der Waals surface area contributed by atoms with E-state index in [0.717, 1.165) is 37.9 Å². The van der Waals surface area contributed by atoms with Gasteiger partial charge in [0.2, 0.25) is 17.6 Å². The lowest BCUT2D eigenvalue weighted by Crippen LogP contribution is -2.46. The highest BCUT2D eigenvalue weighted by Gasteiger charge is 2.31. The first kappa shape index (κ1) is 22.4. The minimum atomic E-state index is 0.00672. The number of ether oxygens (including phenoxy) is 2. The Morgan fingerprint density at radius 1 is 1.09 bits per heavy atom. The minimum Gasteiger partial charge on any atom is -0.493 e. The van der Waals surface area contributed by atoms with Gasteiger partial charge in [-0.25, -0.2) is 0 Å². The van der Waals surface area contributed by atoms with E-state index in [4.69, 9.17) is 14.0 Å². The number of rotatable bonds is 6. The number of amides is 1. The van der Waals surface area contributed by atoms with Crippen molar-refractivity contribution in [2.75, 3.05) is 33.9 Å². The molecule has 1 unspecified atom stereocenters. The Morgan fingerprint density at radius 3 is 2.74 bits per heavy atom. The highest BCUT2D eigenvalue weighted by molar-refractivity contribution is 5.79. The fourth-order valence-electron chi connectivity index (χ4n) is 4.95. The van der Waals surface area contributed by atoms with Crippen molar-refractivity contribution in [3.63, 3.8) is 0 Å². The zero-order valence-corrected chi connectivity index (χ0v) is 19.7. The number of benzene rings is 2. The largest absolute Gasteiger partial charge is 0.493 e. The fraction of sp³-hybridized carbons (Fsp3) is 0.423. The van der Waals surface area contributed by atoms with Crippen LogP contribution in [0.1, 0.15) is 29.9 Å². The molecule has 34 heavy (non-hydrogen) atoms. The number of likely N-dealkylation sites (tertiary alicyclic amines) is 1. The normalized spacial score (nSPS) is 18.4. The van der Waals surface area contributed by atoms with Crippen molar-refractivity contribution < 1.29 is 18.8 Å². The van der Waals surface area contributed by atoms with E-state index in [-0.39, 0.29) is 11.8 Å². The van der Waals surface area contributed by atoms with E-state index < -0.39 is 0 Å². The van der Waals surface area contributed by atoms with E-state index in [1.165, 1.54) is 11.1 Å². The molecule has 3 aromatic rings. The van der Waals surface area contributed by atoms with Gasteiger partial charge in [0.05, 0.1) is 26.7 Å². The molecule has 1 aromatic heterocycles. The molecule has 1 atom stereocenters. The summed E-state index contributed by atoms with van der Waals surface area (Å²) in [7, 11) is 3.20. The molecule has 1 saturated heterocycles. The number of piperidine rings is 1. The van der Waals surface area contributed by atoms with Gasteiger partial charge in [-0.15, -0.1) is 0 Å². The Bertz CT molecular complexity index is 1160. The van der Waals surface area contributed by atoms with Crippen LogP contribution in [0.2, 0.25) is 0 Å². The molecule has 1 amide bonds. The SMILES string of the molecule is COc1ccc(-c2noc(CN3CCCC(C(=O)N4CCc5ccccc5C4)C3)n2)cc1OC. The van der Waals surface area contributed by atoms with Gasteiger partial charge in [-0.3, -0.25) is 9.69 Å². The first-order valence-corrected chi connectivity index (χ1v) is 11.8. The highest BCUT2D eigenvalue weighted by atomic mass is 16.5. The molecular formula is C26H30N4O4. The van der Waals surface area contributed by atoms with Crippen LogP contribution < -0.4 is 9.47 Å². The standard InChI is InChI=1S/C26H30N4O4/c1-32-22-10-9-19(14-23(22)33-2)25-27-24(34-28-25)17-29-12-5-8-21(15-29)26(31)30-13-11-18-6-3-4-7-20(18)16-30/h3-4,6-7,9-10,14,21H,5,8,11-13,15-17H2,1-2H3. The lowest BCUT2D eigenvalue weighted by atomic mass is 9.94. The van der Waals surface area contributed by atoms with Gasteiger partial charge in [0.1, 0.15) is 0 Å². The summed E-state index contributed by atoms with van der Waals surface area (Å²) in [6.07, 6.45) is 2.84. The first-order valence-electron chi connectivity index (χ1n) is 11.8. The van der Waals surface area contributed by atoms with Crippen molar-refractivity contribution >= 4 is 5.91 Å². The summed E-state index contributed by atoms with van der Waals surface area (Å²) < 4.78 is 16.2. The Morgan fingerprint density at radius 2 is 1.91 bits per heavy atom. The zero-order valence-electron chi connectivity index (χ0n) is 19.7. The molecule has 3 heterocycles. The van der Waals surface area contributed by atoms with Crippen molar-refractivity contribution in [3.8, 4) is 22.9 Å². The van der Waals surface area contributed by atoms with Crippen LogP contribution in [-0.4, -0.2) is 59.7 Å². The van der Waals surface area contributed by atoms with Gasteiger partial charge >= 0.3 is 0 Å². The van der Waals surface area contributed by atoms with Crippen molar-refractivity contribution in [2.45, 2.75) is 32.4 Å². The first-order chi connectivity index (χ1) is 16.6. The number of nitrogens with zero attached hydrogens (tertiary/aromatic N) is 4. The van der Waals surface area contributed by atoms with Crippen LogP contribution in [0.3, 0.4) is 0 Å². The number of hydrogen-bond donors (Lipinski definition) is 0. The number of methoxy groups -OCH3 is 2. The average molecular weight is 463 g/mol. The van der Waals surface area contributed by atoms with Gasteiger partial charge in [-0.2, -0.15) is 4.98 Å². The van der Waals surface area contributed by atoms with Gasteiger partial charge in [0.15, 0.2) is 11.5 Å². The number of carbonyl (C=O) groups excluding carboxylic acids is 1. The molecular weight excluding hydrogens is 432 g/mol. The monoisotopic (exact) mass is 462 g/mol. The maximum Gasteiger partial charge on any atom is 0.241 e. The van der Waals surface area contributed by atoms with Crippen LogP contribution in [0.5, 0.6) is 11.5 Å². The molecule has 8 heteroatoms. The van der Waals surface area contributed by atoms with Crippen LogP contribution in [0.25, 0.3) is 11.4 Å². The molecule has 0 aliphatic carbocycles. The summed E-state index contributed by atoms with van der Waals surface area (Å²) >= 11 is 0. The van der Waals surface area contributed by atoms with E-state index in [2.05, 4.69) is 39.3 Å². The molecule has 0 bridgehead atoms. The zero-order chi connectivity index (χ0) is 23.5. The van der Waals surface area contributed by atoms with E-state index in [9.17, 15) is 4.79 Å². The van der Waals surface area contributed by atoms with Crippen molar-refractivity contribution in [3.05, 3.63) is 59.5 Å². The summed E-state index contributed by atoms with van der Waals surface area (Å²) in [5.74, 6) is 2.58. The van der Waals surface area contributed by atoms with Gasteiger partial charge in [0.25, 0.3) is 0 Å². The third kappa shape index (κ3) is 4.63. The maximum absolute atomic E-state index is 13.3. The van der Waals surface area contributed by atoms with E-state index in [1.54, 1.807) is 14.2 Å². The fourth-order valence-corrected chi connectivity index (χ4v) is 4.95. The van der Waals surface area contributed by atoms with Crippen LogP contribution in [0, 0.1) is 5.92 Å². The summed E-state index contributed by atoms with van der Waals surface area (Å²) in [4.78, 5) is 22.1. The third-order valence-electron chi connectivity index (χ3n) is 6.77. The highest BCUT2D eigenvalue weighted by Crippen LogP contribution is 2.31. The molecule has 0 spiro atoms.